The summed E-state index contributed by atoms with van der Waals surface area (Å²) in [4.78, 5) is 0. The van der Waals surface area contributed by atoms with Crippen LogP contribution in [0.5, 0.6) is 0 Å². The minimum Gasteiger partial charge on any atom is -0.396 e. The zero-order valence-corrected chi connectivity index (χ0v) is 7.56. The number of anilines is 1. The molecule has 6 nitrogen and oxygen atoms in total. The number of aliphatic hydroxyl groups is 1. The number of aromatic nitrogens is 4. The molecule has 0 radical (unpaired) electrons. The van der Waals surface area contributed by atoms with Crippen molar-refractivity contribution in [1.82, 2.24) is 20.2 Å². The van der Waals surface area contributed by atoms with Crippen LogP contribution in [0.15, 0.2) is 0 Å². The molecule has 1 saturated carbocycles. The normalized spacial score (nSPS) is 18.6. The third kappa shape index (κ3) is 1.62. The average Bonchev–Trinajstić information content (AvgIpc) is 2.82. The van der Waals surface area contributed by atoms with Crippen LogP contribution in [0.1, 0.15) is 12.8 Å². The summed E-state index contributed by atoms with van der Waals surface area (Å²) in [5, 5.41) is 23.2. The second kappa shape index (κ2) is 2.95. The molecular weight excluding hydrogens is 170 g/mol. The number of hydrogen-bond donors (Lipinski definition) is 2. The molecular formula is C7H13N5O. The Hall–Kier alpha value is -1.17. The molecule has 0 saturated heterocycles. The lowest BCUT2D eigenvalue weighted by molar-refractivity contribution is 0.219. The maximum absolute atomic E-state index is 9.06. The van der Waals surface area contributed by atoms with Gasteiger partial charge in [0, 0.05) is 19.0 Å². The van der Waals surface area contributed by atoms with Gasteiger partial charge in [0.1, 0.15) is 0 Å². The van der Waals surface area contributed by atoms with E-state index in [9.17, 15) is 0 Å². The maximum atomic E-state index is 9.06. The van der Waals surface area contributed by atoms with E-state index in [-0.39, 0.29) is 12.0 Å². The van der Waals surface area contributed by atoms with E-state index in [4.69, 9.17) is 5.11 Å². The Kier molecular flexibility index (Phi) is 1.91. The molecule has 1 aliphatic rings. The summed E-state index contributed by atoms with van der Waals surface area (Å²) in [5.41, 5.74) is 0.0892. The lowest BCUT2D eigenvalue weighted by Gasteiger charge is -2.11. The van der Waals surface area contributed by atoms with Gasteiger partial charge < -0.3 is 10.4 Å². The van der Waals surface area contributed by atoms with Gasteiger partial charge in [0.2, 0.25) is 5.95 Å². The van der Waals surface area contributed by atoms with Gasteiger partial charge >= 0.3 is 0 Å². The monoisotopic (exact) mass is 183 g/mol. The third-order valence-electron chi connectivity index (χ3n) is 2.53. The lowest BCUT2D eigenvalue weighted by atomic mass is 10.1. The van der Waals surface area contributed by atoms with E-state index >= 15 is 0 Å². The van der Waals surface area contributed by atoms with Crippen LogP contribution in [0.2, 0.25) is 0 Å². The molecule has 2 N–H and O–H groups in total. The van der Waals surface area contributed by atoms with Crippen molar-refractivity contribution in [1.29, 1.82) is 0 Å². The van der Waals surface area contributed by atoms with E-state index in [2.05, 4.69) is 20.8 Å². The molecule has 1 fully saturated rings. The number of aliphatic hydroxyl groups excluding tert-OH is 1. The van der Waals surface area contributed by atoms with Gasteiger partial charge in [-0.15, -0.1) is 0 Å². The minimum absolute atomic E-state index is 0.0892. The fourth-order valence-corrected chi connectivity index (χ4v) is 1.21. The number of nitrogens with one attached hydrogen (secondary N) is 1. The molecule has 2 rings (SSSR count). The topological polar surface area (TPSA) is 75.9 Å². The molecule has 6 heteroatoms. The quantitative estimate of drug-likeness (QED) is 0.651. The van der Waals surface area contributed by atoms with Gasteiger partial charge in [-0.25, -0.2) is 4.68 Å². The van der Waals surface area contributed by atoms with Crippen LogP contribution in [0, 0.1) is 5.41 Å². The van der Waals surface area contributed by atoms with Crippen LogP contribution in [-0.2, 0) is 7.05 Å². The highest BCUT2D eigenvalue weighted by Gasteiger charge is 2.41. The summed E-state index contributed by atoms with van der Waals surface area (Å²) >= 11 is 0. The molecule has 0 bridgehead atoms. The Balaban J connectivity index is 1.90. The summed E-state index contributed by atoms with van der Waals surface area (Å²) in [7, 11) is 1.78. The van der Waals surface area contributed by atoms with Crippen LogP contribution >= 0.6 is 0 Å². The Morgan fingerprint density at radius 1 is 1.62 bits per heavy atom. The lowest BCUT2D eigenvalue weighted by Crippen LogP contribution is -2.20. The van der Waals surface area contributed by atoms with E-state index in [1.54, 1.807) is 11.7 Å². The fourth-order valence-electron chi connectivity index (χ4n) is 1.21. The molecule has 13 heavy (non-hydrogen) atoms. The molecule has 1 aliphatic carbocycles. The minimum atomic E-state index is 0.0892. The smallest absolute Gasteiger partial charge is 0.242 e. The highest BCUT2D eigenvalue weighted by atomic mass is 16.3. The van der Waals surface area contributed by atoms with Gasteiger partial charge in [-0.2, -0.15) is 0 Å². The number of aryl methyl sites for hydroxylation is 1. The molecule has 72 valence electrons. The van der Waals surface area contributed by atoms with Crippen molar-refractivity contribution in [2.75, 3.05) is 18.5 Å². The van der Waals surface area contributed by atoms with E-state index in [0.29, 0.717) is 5.95 Å². The predicted molar refractivity (Wildman–Crippen MR) is 46.0 cm³/mol. The predicted octanol–water partition coefficient (Wildman–Crippen LogP) is -0.606. The second-order valence-electron chi connectivity index (χ2n) is 3.64. The van der Waals surface area contributed by atoms with Crippen molar-refractivity contribution >= 4 is 5.95 Å². The molecule has 1 aromatic heterocycles. The standard InChI is InChI=1S/C7H13N5O/c1-12-6(9-10-11-12)8-4-7(5-13)2-3-7/h13H,2-5H2,1H3,(H,8,9,11). The fraction of sp³-hybridized carbons (Fsp3) is 0.857. The first-order chi connectivity index (χ1) is 6.26. The third-order valence-corrected chi connectivity index (χ3v) is 2.53. The molecule has 0 aliphatic heterocycles. The largest absolute Gasteiger partial charge is 0.396 e. The van der Waals surface area contributed by atoms with E-state index < -0.39 is 0 Å². The number of tetrazole rings is 1. The van der Waals surface area contributed by atoms with Gasteiger partial charge in [-0.1, -0.05) is 5.10 Å². The van der Waals surface area contributed by atoms with Crippen LogP contribution in [0.4, 0.5) is 5.95 Å². The maximum Gasteiger partial charge on any atom is 0.242 e. The van der Waals surface area contributed by atoms with Gasteiger partial charge in [-0.3, -0.25) is 0 Å². The highest BCUT2D eigenvalue weighted by Crippen LogP contribution is 2.44. The Bertz CT molecular complexity index is 293. The van der Waals surface area contributed by atoms with Crippen LogP contribution in [0.3, 0.4) is 0 Å². The van der Waals surface area contributed by atoms with Gasteiger partial charge in [0.25, 0.3) is 0 Å². The Morgan fingerprint density at radius 2 is 2.38 bits per heavy atom. The van der Waals surface area contributed by atoms with Crippen LogP contribution in [0.25, 0.3) is 0 Å². The van der Waals surface area contributed by atoms with Crippen molar-refractivity contribution < 1.29 is 5.11 Å². The molecule has 0 atom stereocenters. The van der Waals surface area contributed by atoms with Crippen molar-refractivity contribution in [3.8, 4) is 0 Å². The van der Waals surface area contributed by atoms with Crippen LogP contribution in [-0.4, -0.2) is 38.5 Å². The zero-order valence-electron chi connectivity index (χ0n) is 7.56. The van der Waals surface area contributed by atoms with Crippen molar-refractivity contribution in [3.05, 3.63) is 0 Å². The molecule has 1 heterocycles. The summed E-state index contributed by atoms with van der Waals surface area (Å²) in [6.07, 6.45) is 2.17. The van der Waals surface area contributed by atoms with Crippen molar-refractivity contribution in [2.45, 2.75) is 12.8 Å². The summed E-state index contributed by atoms with van der Waals surface area (Å²) in [6.45, 7) is 0.989. The first-order valence-electron chi connectivity index (χ1n) is 4.33. The summed E-state index contributed by atoms with van der Waals surface area (Å²) in [5.74, 6) is 0.653. The van der Waals surface area contributed by atoms with Crippen molar-refractivity contribution in [2.24, 2.45) is 12.5 Å². The second-order valence-corrected chi connectivity index (χ2v) is 3.64. The zero-order chi connectivity index (χ0) is 9.31. The SMILES string of the molecule is Cn1nnnc1NCC1(CO)CC1. The average molecular weight is 183 g/mol. The number of nitrogens with zero attached hydrogens (tertiary/aromatic N) is 4. The Morgan fingerprint density at radius 3 is 2.85 bits per heavy atom. The molecule has 1 aromatic rings. The highest BCUT2D eigenvalue weighted by molar-refractivity contribution is 5.22. The number of rotatable bonds is 4. The summed E-state index contributed by atoms with van der Waals surface area (Å²) < 4.78 is 1.58. The van der Waals surface area contributed by atoms with E-state index in [1.807, 2.05) is 0 Å². The molecule has 0 amide bonds. The van der Waals surface area contributed by atoms with E-state index in [1.165, 1.54) is 0 Å². The van der Waals surface area contributed by atoms with Gasteiger partial charge in [0.05, 0.1) is 6.61 Å². The molecule has 0 unspecified atom stereocenters. The molecule has 0 aromatic carbocycles. The first kappa shape index (κ1) is 8.43. The Labute approximate surface area is 75.9 Å². The van der Waals surface area contributed by atoms with E-state index in [0.717, 1.165) is 19.4 Å². The molecule has 0 spiro atoms. The summed E-state index contributed by atoms with van der Waals surface area (Å²) in [6, 6.07) is 0. The van der Waals surface area contributed by atoms with Gasteiger partial charge in [-0.05, 0) is 23.3 Å². The van der Waals surface area contributed by atoms with Crippen molar-refractivity contribution in [3.63, 3.8) is 0 Å². The number of hydrogen-bond acceptors (Lipinski definition) is 5. The van der Waals surface area contributed by atoms with Gasteiger partial charge in [0.15, 0.2) is 0 Å². The first-order valence-corrected chi connectivity index (χ1v) is 4.33. The van der Waals surface area contributed by atoms with Crippen LogP contribution < -0.4 is 5.32 Å².